The molecule has 1 fully saturated rings. The highest BCUT2D eigenvalue weighted by Crippen LogP contribution is 2.27. The van der Waals surface area contributed by atoms with Crippen molar-refractivity contribution in [3.8, 4) is 0 Å². The molecule has 1 aliphatic rings. The maximum absolute atomic E-state index is 12.3. The summed E-state index contributed by atoms with van der Waals surface area (Å²) in [6, 6.07) is 14.9. The molecule has 0 atom stereocenters. The highest BCUT2D eigenvalue weighted by molar-refractivity contribution is 7.92. The molecular formula is C20H24N2O3S. The predicted octanol–water partition coefficient (Wildman–Crippen LogP) is 3.50. The maximum atomic E-state index is 12.3. The molecule has 3 rings (SSSR count). The van der Waals surface area contributed by atoms with E-state index in [-0.39, 0.29) is 11.7 Å². The zero-order valence-electron chi connectivity index (χ0n) is 14.9. The van der Waals surface area contributed by atoms with E-state index in [1.807, 2.05) is 43.3 Å². The van der Waals surface area contributed by atoms with Crippen LogP contribution >= 0.6 is 0 Å². The largest absolute Gasteiger partial charge is 0.312 e. The van der Waals surface area contributed by atoms with Crippen LogP contribution in [0.3, 0.4) is 0 Å². The fraction of sp³-hybridized carbons (Fsp3) is 0.350. The topological polar surface area (TPSA) is 66.5 Å². The molecule has 0 aromatic heterocycles. The van der Waals surface area contributed by atoms with Gasteiger partial charge in [0, 0.05) is 24.3 Å². The Morgan fingerprint density at radius 3 is 2.54 bits per heavy atom. The molecule has 0 radical (unpaired) electrons. The molecule has 5 nitrogen and oxygen atoms in total. The van der Waals surface area contributed by atoms with Gasteiger partial charge in [-0.15, -0.1) is 0 Å². The molecule has 0 saturated carbocycles. The third kappa shape index (κ3) is 4.64. The molecule has 0 spiro atoms. The Hall–Kier alpha value is -2.34. The average Bonchev–Trinajstić information content (AvgIpc) is 2.62. The number of anilines is 2. The van der Waals surface area contributed by atoms with Gasteiger partial charge in [0.2, 0.25) is 15.9 Å². The number of sulfonamides is 1. The minimum absolute atomic E-state index is 0.0302. The molecular weight excluding hydrogens is 348 g/mol. The number of hydrogen-bond donors (Lipinski definition) is 1. The summed E-state index contributed by atoms with van der Waals surface area (Å²) >= 11 is 0. The van der Waals surface area contributed by atoms with Gasteiger partial charge in [0.15, 0.2) is 0 Å². The first-order valence-electron chi connectivity index (χ1n) is 8.90. The van der Waals surface area contributed by atoms with Crippen molar-refractivity contribution >= 4 is 27.3 Å². The molecule has 1 saturated heterocycles. The van der Waals surface area contributed by atoms with Crippen molar-refractivity contribution in [2.75, 3.05) is 21.9 Å². The number of rotatable bonds is 6. The van der Waals surface area contributed by atoms with Crippen molar-refractivity contribution in [2.24, 2.45) is 0 Å². The van der Waals surface area contributed by atoms with Gasteiger partial charge in [-0.2, -0.15) is 0 Å². The fourth-order valence-electron chi connectivity index (χ4n) is 3.21. The Kier molecular flexibility index (Phi) is 5.61. The van der Waals surface area contributed by atoms with Crippen LogP contribution in [0.4, 0.5) is 11.4 Å². The van der Waals surface area contributed by atoms with Gasteiger partial charge in [-0.05, 0) is 55.5 Å². The summed E-state index contributed by atoms with van der Waals surface area (Å²) in [4.78, 5) is 13.9. The molecule has 6 heteroatoms. The second-order valence-corrected chi connectivity index (χ2v) is 8.50. The van der Waals surface area contributed by atoms with Crippen molar-refractivity contribution in [2.45, 2.75) is 32.6 Å². The van der Waals surface area contributed by atoms with E-state index in [1.165, 1.54) is 0 Å². The molecule has 1 N–H and O–H groups in total. The van der Waals surface area contributed by atoms with Crippen LogP contribution in [0.15, 0.2) is 48.5 Å². The number of nitrogens with zero attached hydrogens (tertiary/aromatic N) is 1. The van der Waals surface area contributed by atoms with Gasteiger partial charge in [0.25, 0.3) is 0 Å². The van der Waals surface area contributed by atoms with Gasteiger partial charge in [-0.25, -0.2) is 8.42 Å². The highest BCUT2D eigenvalue weighted by atomic mass is 32.2. The van der Waals surface area contributed by atoms with Crippen LogP contribution in [-0.2, 0) is 21.2 Å². The smallest absolute Gasteiger partial charge is 0.233 e. The van der Waals surface area contributed by atoms with Crippen LogP contribution in [0.25, 0.3) is 0 Å². The van der Waals surface area contributed by atoms with E-state index < -0.39 is 10.0 Å². The van der Waals surface area contributed by atoms with Gasteiger partial charge < -0.3 is 4.90 Å². The van der Waals surface area contributed by atoms with E-state index in [2.05, 4.69) is 4.72 Å². The van der Waals surface area contributed by atoms with Crippen LogP contribution in [0.5, 0.6) is 0 Å². The lowest BCUT2D eigenvalue weighted by molar-refractivity contribution is -0.119. The summed E-state index contributed by atoms with van der Waals surface area (Å²) in [7, 11) is -3.43. The summed E-state index contributed by atoms with van der Waals surface area (Å²) in [6.07, 6.45) is 2.98. The number of amides is 1. The summed E-state index contributed by atoms with van der Waals surface area (Å²) in [5.74, 6) is 0.165. The van der Waals surface area contributed by atoms with Crippen LogP contribution in [0.2, 0.25) is 0 Å². The molecule has 2 aromatic carbocycles. The fourth-order valence-corrected chi connectivity index (χ4v) is 4.30. The van der Waals surface area contributed by atoms with Crippen molar-refractivity contribution in [1.82, 2.24) is 0 Å². The number of carbonyl (C=O) groups excluding carboxylic acids is 1. The number of aryl methyl sites for hydroxylation is 2. The summed E-state index contributed by atoms with van der Waals surface area (Å²) < 4.78 is 27.3. The average molecular weight is 372 g/mol. The van der Waals surface area contributed by atoms with E-state index in [0.717, 1.165) is 36.2 Å². The van der Waals surface area contributed by atoms with E-state index in [1.54, 1.807) is 17.0 Å². The van der Waals surface area contributed by atoms with E-state index in [0.29, 0.717) is 18.5 Å². The molecule has 1 amide bonds. The van der Waals surface area contributed by atoms with Crippen molar-refractivity contribution in [3.63, 3.8) is 0 Å². The minimum atomic E-state index is -3.43. The summed E-state index contributed by atoms with van der Waals surface area (Å²) in [6.45, 7) is 2.63. The predicted molar refractivity (Wildman–Crippen MR) is 105 cm³/mol. The van der Waals surface area contributed by atoms with E-state index in [4.69, 9.17) is 0 Å². The van der Waals surface area contributed by atoms with Gasteiger partial charge >= 0.3 is 0 Å². The molecule has 1 aliphatic heterocycles. The number of benzene rings is 2. The maximum Gasteiger partial charge on any atom is 0.233 e. The van der Waals surface area contributed by atoms with Crippen molar-refractivity contribution in [3.05, 3.63) is 59.7 Å². The zero-order chi connectivity index (χ0) is 18.6. The minimum Gasteiger partial charge on any atom is -0.312 e. The Labute approximate surface area is 155 Å². The summed E-state index contributed by atoms with van der Waals surface area (Å²) in [5.41, 5.74) is 3.28. The number of hydrogen-bond acceptors (Lipinski definition) is 3. The first-order valence-corrected chi connectivity index (χ1v) is 10.6. The second kappa shape index (κ2) is 7.91. The lowest BCUT2D eigenvalue weighted by Crippen LogP contribution is -2.35. The number of nitrogens with one attached hydrogen (secondary N) is 1. The molecule has 2 aromatic rings. The van der Waals surface area contributed by atoms with Crippen LogP contribution in [0.1, 0.15) is 30.4 Å². The van der Waals surface area contributed by atoms with Gasteiger partial charge in [-0.1, -0.05) is 30.3 Å². The zero-order valence-corrected chi connectivity index (χ0v) is 15.8. The quantitative estimate of drug-likeness (QED) is 0.844. The Bertz CT molecular complexity index is 879. The first-order chi connectivity index (χ1) is 12.4. The molecule has 138 valence electrons. The Morgan fingerprint density at radius 1 is 1.08 bits per heavy atom. The molecule has 0 unspecified atom stereocenters. The van der Waals surface area contributed by atoms with Gasteiger partial charge in [0.1, 0.15) is 0 Å². The lowest BCUT2D eigenvalue weighted by Gasteiger charge is -2.28. The van der Waals surface area contributed by atoms with E-state index in [9.17, 15) is 13.2 Å². The molecule has 0 aliphatic carbocycles. The highest BCUT2D eigenvalue weighted by Gasteiger charge is 2.21. The normalized spacial score (nSPS) is 15.1. The van der Waals surface area contributed by atoms with Crippen molar-refractivity contribution < 1.29 is 13.2 Å². The monoisotopic (exact) mass is 372 g/mol. The van der Waals surface area contributed by atoms with Gasteiger partial charge in [-0.3, -0.25) is 9.52 Å². The first kappa shape index (κ1) is 18.5. The SMILES string of the molecule is Cc1cc(NS(=O)(=O)CCc2ccccc2)ccc1N1CCCCC1=O. The third-order valence-electron chi connectivity index (χ3n) is 4.59. The van der Waals surface area contributed by atoms with Crippen LogP contribution in [-0.4, -0.2) is 26.6 Å². The second-order valence-electron chi connectivity index (χ2n) is 6.66. The van der Waals surface area contributed by atoms with E-state index >= 15 is 0 Å². The lowest BCUT2D eigenvalue weighted by atomic mass is 10.1. The van der Waals surface area contributed by atoms with Crippen molar-refractivity contribution in [1.29, 1.82) is 0 Å². The standard InChI is InChI=1S/C20H24N2O3S/c1-16-15-18(10-11-19(16)22-13-6-5-9-20(22)23)21-26(24,25)14-12-17-7-3-2-4-8-17/h2-4,7-8,10-11,15,21H,5-6,9,12-14H2,1H3. The van der Waals surface area contributed by atoms with Crippen LogP contribution < -0.4 is 9.62 Å². The third-order valence-corrected chi connectivity index (χ3v) is 5.87. The number of piperidine rings is 1. The van der Waals surface area contributed by atoms with Gasteiger partial charge in [0.05, 0.1) is 5.75 Å². The Morgan fingerprint density at radius 2 is 1.85 bits per heavy atom. The number of carbonyl (C=O) groups is 1. The molecule has 0 bridgehead atoms. The van der Waals surface area contributed by atoms with Crippen LogP contribution in [0, 0.1) is 6.92 Å². The summed E-state index contributed by atoms with van der Waals surface area (Å²) in [5, 5.41) is 0. The Balaban J connectivity index is 1.67. The molecule has 1 heterocycles. The molecule has 26 heavy (non-hydrogen) atoms.